The van der Waals surface area contributed by atoms with Gasteiger partial charge in [-0.2, -0.15) is 5.10 Å². The van der Waals surface area contributed by atoms with Gasteiger partial charge in [-0.1, -0.05) is 0 Å². The van der Waals surface area contributed by atoms with Crippen LogP contribution in [-0.2, 0) is 9.53 Å². The van der Waals surface area contributed by atoms with E-state index >= 15 is 0 Å². The number of hydrogen-bond donors (Lipinski definition) is 4. The molecular formula is C11H18N4O4. The minimum absolute atomic E-state index is 0.116. The first-order valence-electron chi connectivity index (χ1n) is 5.75. The molecule has 1 heterocycles. The zero-order valence-electron chi connectivity index (χ0n) is 11.1. The fourth-order valence-electron chi connectivity index (χ4n) is 1.53. The van der Waals surface area contributed by atoms with Gasteiger partial charge in [-0.25, -0.2) is 4.79 Å². The van der Waals surface area contributed by atoms with Crippen LogP contribution in [0.25, 0.3) is 0 Å². The highest BCUT2D eigenvalue weighted by atomic mass is 16.5. The summed E-state index contributed by atoms with van der Waals surface area (Å²) in [7, 11) is 1.40. The number of anilines is 1. The summed E-state index contributed by atoms with van der Waals surface area (Å²) in [5, 5.41) is 20.5. The molecule has 0 bridgehead atoms. The van der Waals surface area contributed by atoms with Crippen molar-refractivity contribution in [1.29, 1.82) is 0 Å². The highest BCUT2D eigenvalue weighted by Crippen LogP contribution is 2.15. The van der Waals surface area contributed by atoms with E-state index in [1.165, 1.54) is 7.11 Å². The van der Waals surface area contributed by atoms with Gasteiger partial charge in [0.15, 0.2) is 0 Å². The molecule has 8 heteroatoms. The first kappa shape index (κ1) is 15.0. The summed E-state index contributed by atoms with van der Waals surface area (Å²) >= 11 is 0. The summed E-state index contributed by atoms with van der Waals surface area (Å²) in [6.07, 6.45) is -0.727. The van der Waals surface area contributed by atoms with Crippen LogP contribution >= 0.6 is 0 Å². The van der Waals surface area contributed by atoms with E-state index in [0.717, 1.165) is 5.69 Å². The van der Waals surface area contributed by atoms with Crippen molar-refractivity contribution in [2.45, 2.75) is 26.4 Å². The van der Waals surface area contributed by atoms with Gasteiger partial charge in [-0.05, 0) is 13.8 Å². The van der Waals surface area contributed by atoms with Gasteiger partial charge in [0.05, 0.1) is 29.6 Å². The normalized spacial score (nSPS) is 11.9. The van der Waals surface area contributed by atoms with Crippen LogP contribution in [0.3, 0.4) is 0 Å². The Balaban J connectivity index is 2.45. The molecule has 1 aromatic rings. The number of H-pyrrole nitrogens is 1. The van der Waals surface area contributed by atoms with Crippen LogP contribution in [0.4, 0.5) is 10.5 Å². The van der Waals surface area contributed by atoms with Crippen molar-refractivity contribution in [3.8, 4) is 0 Å². The second-order valence-electron chi connectivity index (χ2n) is 4.10. The number of nitrogens with zero attached hydrogens (tertiary/aromatic N) is 1. The molecule has 0 radical (unpaired) electrons. The molecule has 0 saturated heterocycles. The molecule has 106 valence electrons. The molecule has 19 heavy (non-hydrogen) atoms. The summed E-state index contributed by atoms with van der Waals surface area (Å²) in [6, 6.07) is -0.431. The summed E-state index contributed by atoms with van der Waals surface area (Å²) in [5.41, 5.74) is 2.05. The van der Waals surface area contributed by atoms with E-state index in [0.29, 0.717) is 11.4 Å². The van der Waals surface area contributed by atoms with E-state index in [1.807, 2.05) is 0 Å². The smallest absolute Gasteiger partial charge is 0.319 e. The Hall–Kier alpha value is -2.09. The first-order chi connectivity index (χ1) is 8.93. The molecule has 0 aromatic carbocycles. The molecule has 8 nitrogen and oxygen atoms in total. The molecule has 2 amide bonds. The molecule has 0 aliphatic rings. The van der Waals surface area contributed by atoms with Crippen LogP contribution in [0.15, 0.2) is 0 Å². The molecule has 1 aromatic heterocycles. The van der Waals surface area contributed by atoms with Gasteiger partial charge in [0.1, 0.15) is 0 Å². The number of aryl methyl sites for hydroxylation is 2. The van der Waals surface area contributed by atoms with Gasteiger partial charge in [-0.15, -0.1) is 0 Å². The minimum atomic E-state index is -0.976. The zero-order valence-corrected chi connectivity index (χ0v) is 11.1. The number of nitrogens with one attached hydrogen (secondary N) is 3. The molecule has 1 atom stereocenters. The van der Waals surface area contributed by atoms with Crippen molar-refractivity contribution in [1.82, 2.24) is 15.5 Å². The standard InChI is InChI=1S/C11H18N4O4/c1-6-10(7(2)15-14-6)13-11(18)12-5-8(19-3)4-9(16)17/h8H,4-5H2,1-3H3,(H,14,15)(H,16,17)(H2,12,13,18). The van der Waals surface area contributed by atoms with Gasteiger partial charge in [0.25, 0.3) is 0 Å². The Morgan fingerprint density at radius 2 is 2.16 bits per heavy atom. The first-order valence-corrected chi connectivity index (χ1v) is 5.75. The van der Waals surface area contributed by atoms with Crippen LogP contribution in [0.5, 0.6) is 0 Å². The molecule has 1 unspecified atom stereocenters. The Kier molecular flexibility index (Phi) is 5.31. The maximum absolute atomic E-state index is 11.7. The van der Waals surface area contributed by atoms with Crippen molar-refractivity contribution >= 4 is 17.7 Å². The third kappa shape index (κ3) is 4.59. The number of aromatic amines is 1. The maximum atomic E-state index is 11.7. The molecule has 0 aliphatic carbocycles. The van der Waals surface area contributed by atoms with Gasteiger partial charge in [0.2, 0.25) is 0 Å². The van der Waals surface area contributed by atoms with E-state index in [4.69, 9.17) is 9.84 Å². The number of amides is 2. The van der Waals surface area contributed by atoms with Gasteiger partial charge >= 0.3 is 12.0 Å². The van der Waals surface area contributed by atoms with Gasteiger partial charge in [-0.3, -0.25) is 9.89 Å². The average molecular weight is 270 g/mol. The monoisotopic (exact) mass is 270 g/mol. The van der Waals surface area contributed by atoms with Crippen molar-refractivity contribution in [3.05, 3.63) is 11.4 Å². The van der Waals surface area contributed by atoms with Crippen molar-refractivity contribution in [3.63, 3.8) is 0 Å². The predicted octanol–water partition coefficient (Wildman–Crippen LogP) is 0.638. The van der Waals surface area contributed by atoms with E-state index in [-0.39, 0.29) is 13.0 Å². The number of carbonyl (C=O) groups is 2. The van der Waals surface area contributed by atoms with Crippen molar-refractivity contribution in [2.75, 3.05) is 19.0 Å². The van der Waals surface area contributed by atoms with Crippen LogP contribution in [0.1, 0.15) is 17.8 Å². The third-order valence-corrected chi connectivity index (χ3v) is 2.59. The lowest BCUT2D eigenvalue weighted by Crippen LogP contribution is -2.37. The highest BCUT2D eigenvalue weighted by Gasteiger charge is 2.15. The third-order valence-electron chi connectivity index (χ3n) is 2.59. The number of rotatable bonds is 6. The molecule has 1 rings (SSSR count). The SMILES string of the molecule is COC(CNC(=O)Nc1c(C)n[nH]c1C)CC(=O)O. The zero-order chi connectivity index (χ0) is 14.4. The number of urea groups is 1. The maximum Gasteiger partial charge on any atom is 0.319 e. The van der Waals surface area contributed by atoms with Gasteiger partial charge in [0, 0.05) is 13.7 Å². The topological polar surface area (TPSA) is 116 Å². The fraction of sp³-hybridized carbons (Fsp3) is 0.545. The lowest BCUT2D eigenvalue weighted by molar-refractivity contribution is -0.139. The fourth-order valence-corrected chi connectivity index (χ4v) is 1.53. The number of aliphatic carboxylic acids is 1. The lowest BCUT2D eigenvalue weighted by Gasteiger charge is -2.14. The molecule has 4 N–H and O–H groups in total. The van der Waals surface area contributed by atoms with Crippen molar-refractivity contribution < 1.29 is 19.4 Å². The van der Waals surface area contributed by atoms with E-state index in [1.54, 1.807) is 13.8 Å². The van der Waals surface area contributed by atoms with Crippen LogP contribution in [0, 0.1) is 13.8 Å². The van der Waals surface area contributed by atoms with Gasteiger partial charge < -0.3 is 20.5 Å². The predicted molar refractivity (Wildman–Crippen MR) is 68.1 cm³/mol. The van der Waals surface area contributed by atoms with Crippen LogP contribution in [-0.4, -0.2) is 47.1 Å². The summed E-state index contributed by atoms with van der Waals surface area (Å²) in [4.78, 5) is 22.2. The molecule has 0 fully saturated rings. The minimum Gasteiger partial charge on any atom is -0.481 e. The number of hydrogen-bond acceptors (Lipinski definition) is 4. The number of ether oxygens (including phenoxy) is 1. The number of methoxy groups -OCH3 is 1. The lowest BCUT2D eigenvalue weighted by atomic mass is 10.2. The summed E-state index contributed by atoms with van der Waals surface area (Å²) in [5.74, 6) is -0.976. The quantitative estimate of drug-likeness (QED) is 0.605. The number of carbonyl (C=O) groups excluding carboxylic acids is 1. The summed E-state index contributed by atoms with van der Waals surface area (Å²) < 4.78 is 4.95. The second-order valence-corrected chi connectivity index (χ2v) is 4.10. The summed E-state index contributed by atoms with van der Waals surface area (Å²) in [6.45, 7) is 3.67. The van der Waals surface area contributed by atoms with E-state index in [9.17, 15) is 9.59 Å². The number of carboxylic acids is 1. The number of aromatic nitrogens is 2. The Morgan fingerprint density at radius 3 is 2.63 bits per heavy atom. The molecular weight excluding hydrogens is 252 g/mol. The van der Waals surface area contributed by atoms with E-state index < -0.39 is 18.1 Å². The Morgan fingerprint density at radius 1 is 1.47 bits per heavy atom. The Bertz CT molecular complexity index is 438. The van der Waals surface area contributed by atoms with Crippen LogP contribution in [0.2, 0.25) is 0 Å². The molecule has 0 spiro atoms. The Labute approximate surface area is 110 Å². The second kappa shape index (κ2) is 6.74. The number of carboxylic acid groups (broad SMARTS) is 1. The average Bonchev–Trinajstić information content (AvgIpc) is 2.65. The molecule has 0 saturated carbocycles. The highest BCUT2D eigenvalue weighted by molar-refractivity contribution is 5.90. The van der Waals surface area contributed by atoms with Crippen molar-refractivity contribution in [2.24, 2.45) is 0 Å². The largest absolute Gasteiger partial charge is 0.481 e. The molecule has 0 aliphatic heterocycles. The van der Waals surface area contributed by atoms with E-state index in [2.05, 4.69) is 20.8 Å². The van der Waals surface area contributed by atoms with Crippen LogP contribution < -0.4 is 10.6 Å².